The van der Waals surface area contributed by atoms with Gasteiger partial charge in [-0.25, -0.2) is 14.5 Å². The van der Waals surface area contributed by atoms with Crippen molar-refractivity contribution in [3.8, 4) is 11.9 Å². The van der Waals surface area contributed by atoms with E-state index >= 15 is 0 Å². The largest absolute Gasteiger partial charge is 0.476 e. The summed E-state index contributed by atoms with van der Waals surface area (Å²) >= 11 is 0. The number of rotatable bonds is 2. The zero-order valence-corrected chi connectivity index (χ0v) is 10.7. The highest BCUT2D eigenvalue weighted by Crippen LogP contribution is 2.20. The molecule has 0 atom stereocenters. The summed E-state index contributed by atoms with van der Waals surface area (Å²) in [4.78, 5) is 15.4. The molecule has 3 aromatic rings. The minimum Gasteiger partial charge on any atom is -0.476 e. The Morgan fingerprint density at radius 1 is 1.38 bits per heavy atom. The molecule has 102 valence electrons. The van der Waals surface area contributed by atoms with Gasteiger partial charge in [-0.2, -0.15) is 10.4 Å². The number of fused-ring (bicyclic) bond motifs is 1. The Morgan fingerprint density at radius 3 is 2.81 bits per heavy atom. The van der Waals surface area contributed by atoms with Crippen LogP contribution in [0.25, 0.3) is 16.7 Å². The Morgan fingerprint density at radius 2 is 2.14 bits per heavy atom. The van der Waals surface area contributed by atoms with Gasteiger partial charge in [0.25, 0.3) is 0 Å². The zero-order chi connectivity index (χ0) is 15.0. The van der Waals surface area contributed by atoms with Gasteiger partial charge in [0.15, 0.2) is 11.5 Å². The van der Waals surface area contributed by atoms with Crippen LogP contribution in [0.15, 0.2) is 36.5 Å². The molecular weight excluding hydrogens is 270 g/mol. The number of benzene rings is 1. The molecular formula is C14H9N5O2. The Bertz CT molecular complexity index is 907. The summed E-state index contributed by atoms with van der Waals surface area (Å²) in [6.45, 7) is 0. The normalized spacial score (nSPS) is 10.4. The zero-order valence-electron chi connectivity index (χ0n) is 10.7. The molecule has 0 bridgehead atoms. The maximum Gasteiger partial charge on any atom is 0.358 e. The van der Waals surface area contributed by atoms with Gasteiger partial charge in [-0.05, 0) is 12.1 Å². The van der Waals surface area contributed by atoms with Gasteiger partial charge in [-0.1, -0.05) is 18.2 Å². The fourth-order valence-electron chi connectivity index (χ4n) is 2.02. The summed E-state index contributed by atoms with van der Waals surface area (Å²) < 4.78 is 1.21. The first-order valence-electron chi connectivity index (χ1n) is 5.99. The van der Waals surface area contributed by atoms with Crippen molar-refractivity contribution < 1.29 is 9.90 Å². The maximum absolute atomic E-state index is 11.0. The summed E-state index contributed by atoms with van der Waals surface area (Å²) in [5.74, 6) is -0.985. The molecule has 0 unspecified atom stereocenters. The third-order valence-corrected chi connectivity index (χ3v) is 2.99. The molecule has 1 aromatic carbocycles. The fraction of sp³-hybridized carbons (Fsp3) is 0. The first-order chi connectivity index (χ1) is 10.1. The van der Waals surface area contributed by atoms with Crippen LogP contribution in [0.3, 0.4) is 0 Å². The third kappa shape index (κ3) is 2.04. The second-order valence-corrected chi connectivity index (χ2v) is 4.35. The van der Waals surface area contributed by atoms with Crippen molar-refractivity contribution in [2.24, 2.45) is 0 Å². The van der Waals surface area contributed by atoms with Crippen molar-refractivity contribution in [3.05, 3.63) is 47.8 Å². The van der Waals surface area contributed by atoms with Crippen molar-refractivity contribution in [1.82, 2.24) is 14.8 Å². The molecule has 0 saturated carbocycles. The molecule has 0 spiro atoms. The van der Waals surface area contributed by atoms with Gasteiger partial charge in [0.1, 0.15) is 6.07 Å². The van der Waals surface area contributed by atoms with Crippen LogP contribution >= 0.6 is 0 Å². The maximum atomic E-state index is 11.0. The molecule has 0 amide bonds. The molecule has 0 aliphatic rings. The number of aromatic nitrogens is 3. The van der Waals surface area contributed by atoms with Crippen LogP contribution in [0, 0.1) is 11.3 Å². The van der Waals surface area contributed by atoms with E-state index in [-0.39, 0.29) is 22.8 Å². The molecule has 3 N–H and O–H groups in total. The molecule has 7 heteroatoms. The highest BCUT2D eigenvalue weighted by Gasteiger charge is 2.17. The lowest BCUT2D eigenvalue weighted by Gasteiger charge is -2.05. The number of para-hydroxylation sites is 1. The molecule has 21 heavy (non-hydrogen) atoms. The number of anilines is 1. The van der Waals surface area contributed by atoms with Crippen LogP contribution in [0.4, 0.5) is 5.69 Å². The van der Waals surface area contributed by atoms with E-state index in [0.29, 0.717) is 5.52 Å². The van der Waals surface area contributed by atoms with E-state index in [2.05, 4.69) is 10.1 Å². The van der Waals surface area contributed by atoms with Crippen LogP contribution in [0.2, 0.25) is 0 Å². The topological polar surface area (TPSA) is 118 Å². The molecule has 0 aliphatic heterocycles. The van der Waals surface area contributed by atoms with E-state index in [1.165, 1.54) is 10.9 Å². The van der Waals surface area contributed by atoms with E-state index in [0.717, 1.165) is 5.39 Å². The van der Waals surface area contributed by atoms with E-state index < -0.39 is 5.97 Å². The number of hydrogen-bond acceptors (Lipinski definition) is 5. The summed E-state index contributed by atoms with van der Waals surface area (Å²) in [6.07, 6.45) is 1.33. The number of pyridine rings is 1. The second kappa shape index (κ2) is 4.61. The van der Waals surface area contributed by atoms with Gasteiger partial charge in [0, 0.05) is 5.39 Å². The quantitative estimate of drug-likeness (QED) is 0.735. The average Bonchev–Trinajstić information content (AvgIpc) is 2.88. The Balaban J connectivity index is 2.26. The van der Waals surface area contributed by atoms with Gasteiger partial charge >= 0.3 is 5.97 Å². The number of hydrogen-bond donors (Lipinski definition) is 2. The summed E-state index contributed by atoms with van der Waals surface area (Å²) in [5.41, 5.74) is 6.32. The minimum atomic E-state index is -1.23. The lowest BCUT2D eigenvalue weighted by molar-refractivity contribution is 0.0691. The third-order valence-electron chi connectivity index (χ3n) is 2.99. The molecule has 0 aliphatic carbocycles. The predicted octanol–water partition coefficient (Wildman–Crippen LogP) is 1.57. The van der Waals surface area contributed by atoms with Gasteiger partial charge in [0.05, 0.1) is 23.0 Å². The number of nitriles is 1. The predicted molar refractivity (Wildman–Crippen MR) is 75.0 cm³/mol. The van der Waals surface area contributed by atoms with Crippen molar-refractivity contribution in [3.63, 3.8) is 0 Å². The molecule has 0 radical (unpaired) electrons. The van der Waals surface area contributed by atoms with E-state index in [1.807, 2.05) is 24.3 Å². The van der Waals surface area contributed by atoms with Crippen LogP contribution in [-0.4, -0.2) is 25.8 Å². The first-order valence-corrected chi connectivity index (χ1v) is 5.99. The molecule has 3 rings (SSSR count). The summed E-state index contributed by atoms with van der Waals surface area (Å²) in [5, 5.41) is 22.9. The van der Waals surface area contributed by atoms with E-state index in [4.69, 9.17) is 10.8 Å². The average molecular weight is 279 g/mol. The number of carbonyl (C=O) groups is 1. The molecule has 0 fully saturated rings. The molecule has 0 saturated heterocycles. The minimum absolute atomic E-state index is 0.0151. The second-order valence-electron chi connectivity index (χ2n) is 4.35. The van der Waals surface area contributed by atoms with E-state index in [1.54, 1.807) is 12.1 Å². The standard InChI is InChI=1S/C14H9N5O2/c15-6-9-5-8-3-1-2-4-11(8)17-13(9)19-7-10(16)12(18-19)14(20)21/h1-5,7H,16H2,(H,20,21). The number of carboxylic acid groups (broad SMARTS) is 1. The van der Waals surface area contributed by atoms with Crippen LogP contribution in [-0.2, 0) is 0 Å². The van der Waals surface area contributed by atoms with Crippen molar-refractivity contribution >= 4 is 22.6 Å². The van der Waals surface area contributed by atoms with Gasteiger partial charge in [-0.15, -0.1) is 0 Å². The fourth-order valence-corrected chi connectivity index (χ4v) is 2.02. The Kier molecular flexibility index (Phi) is 2.77. The first kappa shape index (κ1) is 12.6. The van der Waals surface area contributed by atoms with Crippen molar-refractivity contribution in [2.75, 3.05) is 5.73 Å². The Hall–Kier alpha value is -3.40. The lowest BCUT2D eigenvalue weighted by atomic mass is 10.1. The molecule has 2 heterocycles. The number of carboxylic acids is 1. The highest BCUT2D eigenvalue weighted by molar-refractivity contribution is 5.91. The van der Waals surface area contributed by atoms with E-state index in [9.17, 15) is 10.1 Å². The van der Waals surface area contributed by atoms with Crippen LogP contribution in [0.5, 0.6) is 0 Å². The monoisotopic (exact) mass is 279 g/mol. The summed E-state index contributed by atoms with van der Waals surface area (Å²) in [7, 11) is 0. The number of nitrogen functional groups attached to an aromatic ring is 1. The molecule has 7 nitrogen and oxygen atoms in total. The molecule has 2 aromatic heterocycles. The SMILES string of the molecule is N#Cc1cc2ccccc2nc1-n1cc(N)c(C(=O)O)n1. The number of nitrogens with two attached hydrogens (primary N) is 1. The Labute approximate surface area is 118 Å². The van der Waals surface area contributed by atoms with Crippen molar-refractivity contribution in [2.45, 2.75) is 0 Å². The summed E-state index contributed by atoms with van der Waals surface area (Å²) in [6, 6.07) is 11.0. The lowest BCUT2D eigenvalue weighted by Crippen LogP contribution is -2.05. The highest BCUT2D eigenvalue weighted by atomic mass is 16.4. The van der Waals surface area contributed by atoms with Crippen molar-refractivity contribution in [1.29, 1.82) is 5.26 Å². The van der Waals surface area contributed by atoms with Crippen LogP contribution < -0.4 is 5.73 Å². The van der Waals surface area contributed by atoms with Gasteiger partial charge in [-0.3, -0.25) is 0 Å². The number of nitrogens with zero attached hydrogens (tertiary/aromatic N) is 4. The number of aromatic carboxylic acids is 1. The smallest absolute Gasteiger partial charge is 0.358 e. The van der Waals surface area contributed by atoms with Crippen LogP contribution in [0.1, 0.15) is 16.1 Å². The van der Waals surface area contributed by atoms with Gasteiger partial charge in [0.2, 0.25) is 0 Å². The van der Waals surface area contributed by atoms with Gasteiger partial charge < -0.3 is 10.8 Å².